The number of anilines is 1. The quantitative estimate of drug-likeness (QED) is 0.452. The summed E-state index contributed by atoms with van der Waals surface area (Å²) >= 11 is 8.86. The maximum Gasteiger partial charge on any atom is 0.234 e. The summed E-state index contributed by atoms with van der Waals surface area (Å²) in [5.41, 5.74) is 1.47. The van der Waals surface area contributed by atoms with Gasteiger partial charge in [-0.25, -0.2) is 14.4 Å². The van der Waals surface area contributed by atoms with Crippen molar-refractivity contribution in [3.63, 3.8) is 0 Å². The van der Waals surface area contributed by atoms with E-state index in [0.717, 1.165) is 28.1 Å². The third kappa shape index (κ3) is 3.95. The summed E-state index contributed by atoms with van der Waals surface area (Å²) < 4.78 is 13.9. The zero-order valence-electron chi connectivity index (χ0n) is 14.6. The number of rotatable bonds is 4. The van der Waals surface area contributed by atoms with Crippen molar-refractivity contribution in [2.75, 3.05) is 11.1 Å². The minimum absolute atomic E-state index is 0.127. The SMILES string of the molecule is Cc1nc(SCC(=O)Nc2ccc(Cl)cc2F)c2c3c(sc2n1)CCCC3. The van der Waals surface area contributed by atoms with Gasteiger partial charge >= 0.3 is 0 Å². The van der Waals surface area contributed by atoms with Crippen molar-refractivity contribution in [3.05, 3.63) is 45.3 Å². The summed E-state index contributed by atoms with van der Waals surface area (Å²) in [6.45, 7) is 1.87. The molecule has 0 unspecified atom stereocenters. The van der Waals surface area contributed by atoms with Gasteiger partial charge in [0.25, 0.3) is 0 Å². The van der Waals surface area contributed by atoms with E-state index in [0.29, 0.717) is 10.8 Å². The lowest BCUT2D eigenvalue weighted by molar-refractivity contribution is -0.113. The Labute approximate surface area is 169 Å². The number of aromatic nitrogens is 2. The lowest BCUT2D eigenvalue weighted by Gasteiger charge is -2.12. The van der Waals surface area contributed by atoms with Gasteiger partial charge in [-0.15, -0.1) is 11.3 Å². The summed E-state index contributed by atoms with van der Waals surface area (Å²) in [7, 11) is 0. The fraction of sp³-hybridized carbons (Fsp3) is 0.316. The first-order chi connectivity index (χ1) is 13.0. The van der Waals surface area contributed by atoms with Crippen LogP contribution in [0.15, 0.2) is 23.2 Å². The van der Waals surface area contributed by atoms with Crippen LogP contribution < -0.4 is 5.32 Å². The maximum absolute atomic E-state index is 13.9. The molecule has 140 valence electrons. The number of hydrogen-bond acceptors (Lipinski definition) is 5. The number of carbonyl (C=O) groups excluding carboxylic acids is 1. The van der Waals surface area contributed by atoms with Gasteiger partial charge in [0, 0.05) is 15.3 Å². The number of aryl methyl sites for hydroxylation is 3. The molecule has 1 aliphatic rings. The van der Waals surface area contributed by atoms with Crippen LogP contribution in [0, 0.1) is 12.7 Å². The monoisotopic (exact) mass is 421 g/mol. The Hall–Kier alpha value is -1.70. The average Bonchev–Trinajstić information content (AvgIpc) is 3.00. The van der Waals surface area contributed by atoms with Crippen LogP contribution in [0.2, 0.25) is 5.02 Å². The van der Waals surface area contributed by atoms with Crippen LogP contribution >= 0.6 is 34.7 Å². The standard InChI is InChI=1S/C19H17ClFN3OS2/c1-10-22-18(17-12-4-2-3-5-15(12)27-19(17)23-10)26-9-16(25)24-14-7-6-11(20)8-13(14)21/h6-8H,2-5,9H2,1H3,(H,24,25). The number of nitrogens with one attached hydrogen (secondary N) is 1. The van der Waals surface area contributed by atoms with E-state index in [9.17, 15) is 9.18 Å². The van der Waals surface area contributed by atoms with Crippen molar-refractivity contribution in [2.45, 2.75) is 37.6 Å². The van der Waals surface area contributed by atoms with Crippen molar-refractivity contribution >= 4 is 56.5 Å². The van der Waals surface area contributed by atoms with Crippen molar-refractivity contribution in [3.8, 4) is 0 Å². The second kappa shape index (κ2) is 7.73. The van der Waals surface area contributed by atoms with Gasteiger partial charge in [-0.05, 0) is 56.4 Å². The highest BCUT2D eigenvalue weighted by Gasteiger charge is 2.21. The number of thioether (sulfide) groups is 1. The van der Waals surface area contributed by atoms with E-state index >= 15 is 0 Å². The highest BCUT2D eigenvalue weighted by molar-refractivity contribution is 8.00. The number of amides is 1. The van der Waals surface area contributed by atoms with Gasteiger partial charge in [0.1, 0.15) is 21.5 Å². The van der Waals surface area contributed by atoms with Crippen LogP contribution in [0.4, 0.5) is 10.1 Å². The van der Waals surface area contributed by atoms with E-state index in [1.54, 1.807) is 17.4 Å². The van der Waals surface area contributed by atoms with Crippen LogP contribution in [0.1, 0.15) is 29.1 Å². The molecule has 0 atom stereocenters. The van der Waals surface area contributed by atoms with Crippen molar-refractivity contribution in [1.82, 2.24) is 9.97 Å². The maximum atomic E-state index is 13.9. The van der Waals surface area contributed by atoms with E-state index in [2.05, 4.69) is 15.3 Å². The fourth-order valence-electron chi connectivity index (χ4n) is 3.24. The summed E-state index contributed by atoms with van der Waals surface area (Å²) in [5.74, 6) is 0.0219. The van der Waals surface area contributed by atoms with E-state index in [-0.39, 0.29) is 17.3 Å². The van der Waals surface area contributed by atoms with E-state index in [1.165, 1.54) is 47.2 Å². The fourth-order valence-corrected chi connectivity index (χ4v) is 5.67. The zero-order valence-corrected chi connectivity index (χ0v) is 17.0. The Morgan fingerprint density at radius 3 is 2.96 bits per heavy atom. The predicted octanol–water partition coefficient (Wildman–Crippen LogP) is 5.40. The van der Waals surface area contributed by atoms with Crippen molar-refractivity contribution in [2.24, 2.45) is 0 Å². The molecule has 1 aliphatic carbocycles. The number of nitrogens with zero attached hydrogens (tertiary/aromatic N) is 2. The summed E-state index contributed by atoms with van der Waals surface area (Å²) in [6.07, 6.45) is 4.52. The van der Waals surface area contributed by atoms with Gasteiger partial charge in [0.2, 0.25) is 5.91 Å². The first-order valence-corrected chi connectivity index (χ1v) is 10.9. The largest absolute Gasteiger partial charge is 0.323 e. The molecule has 1 aromatic carbocycles. The lowest BCUT2D eigenvalue weighted by atomic mass is 9.97. The molecule has 0 radical (unpaired) electrons. The Morgan fingerprint density at radius 2 is 2.15 bits per heavy atom. The van der Waals surface area contributed by atoms with Crippen molar-refractivity contribution in [1.29, 1.82) is 0 Å². The molecule has 0 spiro atoms. The minimum atomic E-state index is -0.548. The van der Waals surface area contributed by atoms with Crippen LogP contribution in [0.3, 0.4) is 0 Å². The van der Waals surface area contributed by atoms with Gasteiger partial charge in [0.05, 0.1) is 11.4 Å². The van der Waals surface area contributed by atoms with Crippen LogP contribution in [0.25, 0.3) is 10.2 Å². The molecule has 27 heavy (non-hydrogen) atoms. The second-order valence-electron chi connectivity index (χ2n) is 6.43. The van der Waals surface area contributed by atoms with Gasteiger partial charge in [-0.1, -0.05) is 23.4 Å². The second-order valence-corrected chi connectivity index (χ2v) is 8.91. The van der Waals surface area contributed by atoms with E-state index < -0.39 is 5.82 Å². The Balaban J connectivity index is 1.54. The van der Waals surface area contributed by atoms with Gasteiger partial charge in [-0.3, -0.25) is 4.79 Å². The summed E-state index contributed by atoms with van der Waals surface area (Å²) in [5, 5.41) is 4.81. The highest BCUT2D eigenvalue weighted by atomic mass is 35.5. The van der Waals surface area contributed by atoms with E-state index in [1.807, 2.05) is 6.92 Å². The molecule has 4 rings (SSSR count). The molecule has 1 amide bonds. The van der Waals surface area contributed by atoms with Crippen molar-refractivity contribution < 1.29 is 9.18 Å². The summed E-state index contributed by atoms with van der Waals surface area (Å²) in [6, 6.07) is 4.18. The number of halogens is 2. The molecule has 0 fully saturated rings. The number of carbonyl (C=O) groups is 1. The summed E-state index contributed by atoms with van der Waals surface area (Å²) in [4.78, 5) is 23.9. The van der Waals surface area contributed by atoms with Gasteiger partial charge in [-0.2, -0.15) is 0 Å². The number of fused-ring (bicyclic) bond motifs is 3. The van der Waals surface area contributed by atoms with Crippen LogP contribution in [-0.2, 0) is 17.6 Å². The molecule has 1 N–H and O–H groups in total. The first-order valence-electron chi connectivity index (χ1n) is 8.68. The molecule has 3 aromatic rings. The number of benzene rings is 1. The first kappa shape index (κ1) is 18.7. The van der Waals surface area contributed by atoms with Gasteiger partial charge in [0.15, 0.2) is 0 Å². The average molecular weight is 422 g/mol. The van der Waals surface area contributed by atoms with Crippen LogP contribution in [-0.4, -0.2) is 21.6 Å². The molecule has 4 nitrogen and oxygen atoms in total. The topological polar surface area (TPSA) is 54.9 Å². The lowest BCUT2D eigenvalue weighted by Crippen LogP contribution is -2.15. The molecular formula is C19H17ClFN3OS2. The molecule has 0 aliphatic heterocycles. The van der Waals surface area contributed by atoms with Crippen LogP contribution in [0.5, 0.6) is 0 Å². The predicted molar refractivity (Wildman–Crippen MR) is 110 cm³/mol. The number of hydrogen-bond donors (Lipinski definition) is 1. The Morgan fingerprint density at radius 1 is 1.33 bits per heavy atom. The van der Waals surface area contributed by atoms with Gasteiger partial charge < -0.3 is 5.32 Å². The highest BCUT2D eigenvalue weighted by Crippen LogP contribution is 2.39. The number of thiophene rings is 1. The minimum Gasteiger partial charge on any atom is -0.323 e. The molecule has 2 heterocycles. The molecule has 0 saturated heterocycles. The Bertz CT molecular complexity index is 1040. The molecule has 2 aromatic heterocycles. The normalized spacial score (nSPS) is 13.6. The molecule has 0 saturated carbocycles. The zero-order chi connectivity index (χ0) is 19.0. The van der Waals surface area contributed by atoms with E-state index in [4.69, 9.17) is 11.6 Å². The smallest absolute Gasteiger partial charge is 0.234 e. The molecule has 0 bridgehead atoms. The molecule has 8 heteroatoms. The third-order valence-electron chi connectivity index (χ3n) is 4.44. The molecular weight excluding hydrogens is 405 g/mol. The Kier molecular flexibility index (Phi) is 5.34. The third-order valence-corrected chi connectivity index (χ3v) is 6.83.